The zero-order chi connectivity index (χ0) is 10.1. The molecule has 1 heterocycles. The van der Waals surface area contributed by atoms with Crippen molar-refractivity contribution in [3.8, 4) is 6.07 Å². The quantitative estimate of drug-likeness (QED) is 0.728. The first-order chi connectivity index (χ1) is 6.76. The van der Waals surface area contributed by atoms with Crippen molar-refractivity contribution >= 4 is 34.1 Å². The summed E-state index contributed by atoms with van der Waals surface area (Å²) in [6.07, 6.45) is 0.981. The molecule has 0 spiro atoms. The summed E-state index contributed by atoms with van der Waals surface area (Å²) in [5, 5.41) is 9.91. The Kier molecular flexibility index (Phi) is 2.49. The van der Waals surface area contributed by atoms with Gasteiger partial charge < -0.3 is 0 Å². The first-order valence-electron chi connectivity index (χ1n) is 4.40. The molecule has 0 N–H and O–H groups in total. The van der Waals surface area contributed by atoms with E-state index in [2.05, 4.69) is 37.8 Å². The average molecular weight is 219 g/mol. The summed E-state index contributed by atoms with van der Waals surface area (Å²) in [5.41, 5.74) is 1.24. The van der Waals surface area contributed by atoms with E-state index in [0.29, 0.717) is 0 Å². The standard InChI is InChI=1S/C11H9NS2/c1-2-7-3-4-8-5-9(6-12)14-11(8)10(7)13/h3-5,13H,2H2,1H3. The molecule has 2 rings (SSSR count). The molecular formula is C11H9NS2. The Morgan fingerprint density at radius 1 is 1.50 bits per heavy atom. The fraction of sp³-hybridized carbons (Fsp3) is 0.182. The zero-order valence-corrected chi connectivity index (χ0v) is 9.45. The van der Waals surface area contributed by atoms with E-state index in [0.717, 1.165) is 26.3 Å². The summed E-state index contributed by atoms with van der Waals surface area (Å²) in [6, 6.07) is 8.22. The molecule has 1 aromatic carbocycles. The van der Waals surface area contributed by atoms with Crippen LogP contribution in [0.25, 0.3) is 10.1 Å². The van der Waals surface area contributed by atoms with Gasteiger partial charge in [-0.05, 0) is 23.4 Å². The molecular weight excluding hydrogens is 210 g/mol. The van der Waals surface area contributed by atoms with E-state index >= 15 is 0 Å². The number of aryl methyl sites for hydroxylation is 1. The number of hydrogen-bond acceptors (Lipinski definition) is 3. The van der Waals surface area contributed by atoms with Crippen LogP contribution in [0.15, 0.2) is 23.1 Å². The minimum absolute atomic E-state index is 0.753. The van der Waals surface area contributed by atoms with Crippen molar-refractivity contribution in [1.29, 1.82) is 5.26 Å². The number of nitriles is 1. The van der Waals surface area contributed by atoms with Crippen LogP contribution in [0.1, 0.15) is 17.4 Å². The lowest BCUT2D eigenvalue weighted by Crippen LogP contribution is -1.81. The Morgan fingerprint density at radius 3 is 2.93 bits per heavy atom. The molecule has 0 saturated carbocycles. The van der Waals surface area contributed by atoms with Gasteiger partial charge in [0.2, 0.25) is 0 Å². The molecule has 2 aromatic rings. The molecule has 1 nitrogen and oxygen atoms in total. The van der Waals surface area contributed by atoms with E-state index < -0.39 is 0 Å². The summed E-state index contributed by atoms with van der Waals surface area (Å²) in [6.45, 7) is 2.11. The number of nitrogens with zero attached hydrogens (tertiary/aromatic N) is 1. The Bertz CT molecular complexity index is 520. The molecule has 0 radical (unpaired) electrons. The van der Waals surface area contributed by atoms with Gasteiger partial charge in [0.05, 0.1) is 0 Å². The van der Waals surface area contributed by atoms with Crippen molar-refractivity contribution in [2.75, 3.05) is 0 Å². The molecule has 0 saturated heterocycles. The lowest BCUT2D eigenvalue weighted by molar-refractivity contribution is 1.10. The summed E-state index contributed by atoms with van der Waals surface area (Å²) in [5.74, 6) is 0. The van der Waals surface area contributed by atoms with E-state index in [1.54, 1.807) is 0 Å². The summed E-state index contributed by atoms with van der Waals surface area (Å²) < 4.78 is 1.13. The molecule has 0 aliphatic rings. The van der Waals surface area contributed by atoms with Crippen LogP contribution in [0.5, 0.6) is 0 Å². The molecule has 0 bridgehead atoms. The Balaban J connectivity index is 2.76. The van der Waals surface area contributed by atoms with E-state index in [9.17, 15) is 0 Å². The van der Waals surface area contributed by atoms with Crippen LogP contribution in [0, 0.1) is 11.3 Å². The van der Waals surface area contributed by atoms with Gasteiger partial charge in [-0.25, -0.2) is 0 Å². The molecule has 14 heavy (non-hydrogen) atoms. The topological polar surface area (TPSA) is 23.8 Å². The third kappa shape index (κ3) is 1.41. The largest absolute Gasteiger partial charge is 0.192 e. The normalized spacial score (nSPS) is 10.4. The second kappa shape index (κ2) is 3.64. The van der Waals surface area contributed by atoms with E-state index in [1.807, 2.05) is 6.07 Å². The predicted molar refractivity (Wildman–Crippen MR) is 63.2 cm³/mol. The van der Waals surface area contributed by atoms with Crippen molar-refractivity contribution in [1.82, 2.24) is 0 Å². The number of thiol groups is 1. The molecule has 0 unspecified atom stereocenters. The summed E-state index contributed by atoms with van der Waals surface area (Å²) in [7, 11) is 0. The molecule has 0 aliphatic carbocycles. The number of hydrogen-bond donors (Lipinski definition) is 1. The summed E-state index contributed by atoms with van der Waals surface area (Å²) >= 11 is 6.01. The monoisotopic (exact) mass is 219 g/mol. The molecule has 0 amide bonds. The van der Waals surface area contributed by atoms with Gasteiger partial charge in [-0.2, -0.15) is 5.26 Å². The van der Waals surface area contributed by atoms with Gasteiger partial charge in [-0.15, -0.1) is 24.0 Å². The highest BCUT2D eigenvalue weighted by Gasteiger charge is 2.06. The minimum Gasteiger partial charge on any atom is -0.192 e. The molecule has 1 aromatic heterocycles. The van der Waals surface area contributed by atoms with E-state index in [-0.39, 0.29) is 0 Å². The fourth-order valence-corrected chi connectivity index (χ4v) is 2.89. The van der Waals surface area contributed by atoms with Crippen molar-refractivity contribution in [3.63, 3.8) is 0 Å². The maximum atomic E-state index is 8.79. The van der Waals surface area contributed by atoms with Crippen LogP contribution in [0.2, 0.25) is 0 Å². The van der Waals surface area contributed by atoms with Crippen molar-refractivity contribution in [3.05, 3.63) is 28.6 Å². The second-order valence-corrected chi connectivity index (χ2v) is 4.57. The highest BCUT2D eigenvalue weighted by atomic mass is 32.1. The number of rotatable bonds is 1. The van der Waals surface area contributed by atoms with Crippen LogP contribution in [0.4, 0.5) is 0 Å². The number of thiophene rings is 1. The van der Waals surface area contributed by atoms with Crippen molar-refractivity contribution in [2.24, 2.45) is 0 Å². The zero-order valence-electron chi connectivity index (χ0n) is 7.74. The highest BCUT2D eigenvalue weighted by molar-refractivity contribution is 7.80. The first kappa shape index (κ1) is 9.57. The smallest absolute Gasteiger partial charge is 0.110 e. The van der Waals surface area contributed by atoms with E-state index in [1.165, 1.54) is 16.9 Å². The Hall–Kier alpha value is -0.980. The molecule has 70 valence electrons. The molecule has 0 fully saturated rings. The van der Waals surface area contributed by atoms with E-state index in [4.69, 9.17) is 5.26 Å². The second-order valence-electron chi connectivity index (χ2n) is 3.07. The van der Waals surface area contributed by atoms with Crippen LogP contribution in [-0.4, -0.2) is 0 Å². The highest BCUT2D eigenvalue weighted by Crippen LogP contribution is 2.32. The molecule has 3 heteroatoms. The molecule has 0 atom stereocenters. The maximum Gasteiger partial charge on any atom is 0.110 e. The van der Waals surface area contributed by atoms with Gasteiger partial charge >= 0.3 is 0 Å². The Morgan fingerprint density at radius 2 is 2.29 bits per heavy atom. The van der Waals surface area contributed by atoms with Crippen molar-refractivity contribution < 1.29 is 0 Å². The third-order valence-electron chi connectivity index (χ3n) is 2.24. The van der Waals surface area contributed by atoms with Crippen LogP contribution >= 0.6 is 24.0 Å². The van der Waals surface area contributed by atoms with Crippen LogP contribution < -0.4 is 0 Å². The minimum atomic E-state index is 0.753. The van der Waals surface area contributed by atoms with Crippen LogP contribution in [-0.2, 0) is 6.42 Å². The van der Waals surface area contributed by atoms with Crippen LogP contribution in [0.3, 0.4) is 0 Å². The third-order valence-corrected chi connectivity index (χ3v) is 3.97. The average Bonchev–Trinajstić information content (AvgIpc) is 2.62. The van der Waals surface area contributed by atoms with Gasteiger partial charge in [-0.3, -0.25) is 0 Å². The first-order valence-corrected chi connectivity index (χ1v) is 5.67. The van der Waals surface area contributed by atoms with Gasteiger partial charge in [0.15, 0.2) is 0 Å². The van der Waals surface area contributed by atoms with Gasteiger partial charge in [0, 0.05) is 9.60 Å². The SMILES string of the molecule is CCc1ccc2cc(C#N)sc2c1S. The predicted octanol–water partition coefficient (Wildman–Crippen LogP) is 3.62. The maximum absolute atomic E-state index is 8.79. The number of benzene rings is 1. The summed E-state index contributed by atoms with van der Waals surface area (Å²) in [4.78, 5) is 1.78. The van der Waals surface area contributed by atoms with Gasteiger partial charge in [0.25, 0.3) is 0 Å². The van der Waals surface area contributed by atoms with Gasteiger partial charge in [-0.1, -0.05) is 19.1 Å². The fourth-order valence-electron chi connectivity index (χ4n) is 1.47. The number of fused-ring (bicyclic) bond motifs is 1. The Labute approximate surface area is 92.4 Å². The van der Waals surface area contributed by atoms with Crippen molar-refractivity contribution in [2.45, 2.75) is 18.2 Å². The lowest BCUT2D eigenvalue weighted by atomic mass is 10.1. The lowest BCUT2D eigenvalue weighted by Gasteiger charge is -2.01. The molecule has 0 aliphatic heterocycles. The van der Waals surface area contributed by atoms with Gasteiger partial charge in [0.1, 0.15) is 10.9 Å².